The van der Waals surface area contributed by atoms with Crippen LogP contribution in [0.2, 0.25) is 0 Å². The van der Waals surface area contributed by atoms with Crippen LogP contribution in [-0.4, -0.2) is 18.1 Å². The van der Waals surface area contributed by atoms with Gasteiger partial charge in [0.05, 0.1) is 5.29 Å². The number of hydrogen-bond donors (Lipinski definition) is 0. The van der Waals surface area contributed by atoms with Crippen molar-refractivity contribution in [3.8, 4) is 0 Å². The average molecular weight is 128 g/mol. The molecule has 0 radical (unpaired) electrons. The van der Waals surface area contributed by atoms with Gasteiger partial charge in [-0.1, -0.05) is 0 Å². The highest BCUT2D eigenvalue weighted by Gasteiger charge is 2.23. The Balaban J connectivity index is 2.12. The van der Waals surface area contributed by atoms with Crippen molar-refractivity contribution in [1.29, 1.82) is 0 Å². The number of rotatable bonds is 4. The minimum absolute atomic E-state index is 0.750. The van der Waals surface area contributed by atoms with E-state index < -0.39 is 0 Å². The maximum atomic E-state index is 9.98. The van der Waals surface area contributed by atoms with Gasteiger partial charge in [-0.05, 0) is 25.7 Å². The quantitative estimate of drug-likeness (QED) is 0.423. The Morgan fingerprint density at radius 2 is 2.33 bits per heavy atom. The molecular weight excluding hydrogens is 116 g/mol. The first-order chi connectivity index (χ1) is 4.36. The predicted molar refractivity (Wildman–Crippen MR) is 35.8 cm³/mol. The van der Waals surface area contributed by atoms with Crippen molar-refractivity contribution in [1.82, 2.24) is 5.01 Å². The van der Waals surface area contributed by atoms with Gasteiger partial charge < -0.3 is 0 Å². The maximum absolute atomic E-state index is 9.98. The minimum atomic E-state index is 0.750. The van der Waals surface area contributed by atoms with E-state index in [0.717, 1.165) is 19.0 Å². The standard InChI is InChI=1S/C6H12N2O/c1-2-8(7-9)5-6-3-4-6/h6H,2-5H2,1H3. The molecule has 9 heavy (non-hydrogen) atoms. The zero-order valence-electron chi connectivity index (χ0n) is 5.71. The number of hydrogen-bond acceptors (Lipinski definition) is 2. The van der Waals surface area contributed by atoms with Gasteiger partial charge in [-0.15, -0.1) is 4.91 Å². The largest absolute Gasteiger partial charge is 0.261 e. The number of nitrogens with zero attached hydrogens (tertiary/aromatic N) is 2. The van der Waals surface area contributed by atoms with Gasteiger partial charge in [0, 0.05) is 13.1 Å². The lowest BCUT2D eigenvalue weighted by atomic mass is 10.4. The van der Waals surface area contributed by atoms with E-state index in [1.54, 1.807) is 5.01 Å². The SMILES string of the molecule is CCN(CC1CC1)N=O. The lowest BCUT2D eigenvalue weighted by Gasteiger charge is -2.09. The number of nitroso groups, excluding NO2 is 1. The second-order valence-corrected chi connectivity index (χ2v) is 2.53. The normalized spacial score (nSPS) is 17.4. The highest BCUT2D eigenvalue weighted by Crippen LogP contribution is 2.29. The van der Waals surface area contributed by atoms with Crippen LogP contribution >= 0.6 is 0 Å². The molecule has 0 N–H and O–H groups in total. The Kier molecular flexibility index (Phi) is 2.03. The maximum Gasteiger partial charge on any atom is 0.0523 e. The van der Waals surface area contributed by atoms with Gasteiger partial charge in [0.2, 0.25) is 0 Å². The van der Waals surface area contributed by atoms with E-state index in [2.05, 4.69) is 5.29 Å². The fourth-order valence-corrected chi connectivity index (χ4v) is 0.819. The van der Waals surface area contributed by atoms with Gasteiger partial charge in [0.15, 0.2) is 0 Å². The van der Waals surface area contributed by atoms with E-state index in [9.17, 15) is 4.91 Å². The van der Waals surface area contributed by atoms with E-state index in [4.69, 9.17) is 0 Å². The van der Waals surface area contributed by atoms with Crippen LogP contribution in [0, 0.1) is 10.8 Å². The fourth-order valence-electron chi connectivity index (χ4n) is 0.819. The van der Waals surface area contributed by atoms with Crippen molar-refractivity contribution in [2.75, 3.05) is 13.1 Å². The molecule has 0 heterocycles. The molecule has 1 fully saturated rings. The second-order valence-electron chi connectivity index (χ2n) is 2.53. The lowest BCUT2D eigenvalue weighted by molar-refractivity contribution is 0.287. The minimum Gasteiger partial charge on any atom is -0.261 e. The van der Waals surface area contributed by atoms with Crippen LogP contribution in [-0.2, 0) is 0 Å². The van der Waals surface area contributed by atoms with Gasteiger partial charge in [0.1, 0.15) is 0 Å². The lowest BCUT2D eigenvalue weighted by Crippen LogP contribution is -2.18. The molecule has 0 aromatic heterocycles. The van der Waals surface area contributed by atoms with Crippen LogP contribution in [0.1, 0.15) is 19.8 Å². The third-order valence-corrected chi connectivity index (χ3v) is 1.65. The zero-order chi connectivity index (χ0) is 6.69. The Hall–Kier alpha value is -0.600. The average Bonchev–Trinajstić information content (AvgIpc) is 2.66. The molecule has 0 aliphatic heterocycles. The molecule has 0 atom stereocenters. The molecule has 0 amide bonds. The summed E-state index contributed by atoms with van der Waals surface area (Å²) in [6.45, 7) is 3.57. The molecule has 0 saturated heterocycles. The van der Waals surface area contributed by atoms with Gasteiger partial charge in [-0.2, -0.15) is 0 Å². The van der Waals surface area contributed by atoms with Crippen LogP contribution in [0.5, 0.6) is 0 Å². The van der Waals surface area contributed by atoms with Crippen LogP contribution in [0.15, 0.2) is 5.29 Å². The zero-order valence-corrected chi connectivity index (χ0v) is 5.71. The van der Waals surface area contributed by atoms with Crippen molar-refractivity contribution in [3.05, 3.63) is 4.91 Å². The highest BCUT2D eigenvalue weighted by molar-refractivity contribution is 4.75. The molecule has 0 unspecified atom stereocenters. The molecule has 0 aromatic carbocycles. The first kappa shape index (κ1) is 6.52. The van der Waals surface area contributed by atoms with E-state index in [0.29, 0.717) is 0 Å². The van der Waals surface area contributed by atoms with E-state index in [1.807, 2.05) is 6.92 Å². The van der Waals surface area contributed by atoms with Crippen molar-refractivity contribution in [2.24, 2.45) is 11.2 Å². The molecule has 52 valence electrons. The van der Waals surface area contributed by atoms with Crippen LogP contribution in [0.4, 0.5) is 0 Å². The summed E-state index contributed by atoms with van der Waals surface area (Å²) in [5, 5.41) is 4.45. The smallest absolute Gasteiger partial charge is 0.0523 e. The second kappa shape index (κ2) is 2.80. The summed E-state index contributed by atoms with van der Waals surface area (Å²) in [7, 11) is 0. The summed E-state index contributed by atoms with van der Waals surface area (Å²) in [6.07, 6.45) is 2.57. The Bertz CT molecular complexity index is 101. The summed E-state index contributed by atoms with van der Waals surface area (Å²) in [5.41, 5.74) is 0. The molecule has 0 aromatic rings. The fraction of sp³-hybridized carbons (Fsp3) is 1.00. The van der Waals surface area contributed by atoms with E-state index in [1.165, 1.54) is 12.8 Å². The predicted octanol–water partition coefficient (Wildman–Crippen LogP) is 1.40. The van der Waals surface area contributed by atoms with Crippen molar-refractivity contribution >= 4 is 0 Å². The summed E-state index contributed by atoms with van der Waals surface area (Å²) in [6, 6.07) is 0. The summed E-state index contributed by atoms with van der Waals surface area (Å²) in [4.78, 5) is 9.98. The van der Waals surface area contributed by atoms with Crippen LogP contribution in [0.3, 0.4) is 0 Å². The summed E-state index contributed by atoms with van der Waals surface area (Å²) in [5.74, 6) is 0.766. The summed E-state index contributed by atoms with van der Waals surface area (Å²) >= 11 is 0. The summed E-state index contributed by atoms with van der Waals surface area (Å²) < 4.78 is 0. The molecule has 1 saturated carbocycles. The monoisotopic (exact) mass is 128 g/mol. The van der Waals surface area contributed by atoms with Gasteiger partial charge >= 0.3 is 0 Å². The molecule has 1 aliphatic rings. The van der Waals surface area contributed by atoms with E-state index >= 15 is 0 Å². The Morgan fingerprint density at radius 3 is 2.67 bits per heavy atom. The topological polar surface area (TPSA) is 32.7 Å². The van der Waals surface area contributed by atoms with Crippen molar-refractivity contribution in [2.45, 2.75) is 19.8 Å². The third kappa shape index (κ3) is 2.00. The molecule has 0 bridgehead atoms. The first-order valence-electron chi connectivity index (χ1n) is 3.45. The van der Waals surface area contributed by atoms with Gasteiger partial charge in [0.25, 0.3) is 0 Å². The van der Waals surface area contributed by atoms with Crippen molar-refractivity contribution < 1.29 is 0 Å². The van der Waals surface area contributed by atoms with E-state index in [-0.39, 0.29) is 0 Å². The third-order valence-electron chi connectivity index (χ3n) is 1.65. The Morgan fingerprint density at radius 1 is 1.67 bits per heavy atom. The first-order valence-corrected chi connectivity index (χ1v) is 3.45. The molecule has 3 nitrogen and oxygen atoms in total. The van der Waals surface area contributed by atoms with Crippen molar-refractivity contribution in [3.63, 3.8) is 0 Å². The van der Waals surface area contributed by atoms with Crippen LogP contribution < -0.4 is 0 Å². The molecule has 3 heteroatoms. The molecule has 0 spiro atoms. The highest BCUT2D eigenvalue weighted by atomic mass is 16.3. The Labute approximate surface area is 55.0 Å². The van der Waals surface area contributed by atoms with Crippen LogP contribution in [0.25, 0.3) is 0 Å². The molecular formula is C6H12N2O. The molecule has 1 aliphatic carbocycles. The molecule has 1 rings (SSSR count). The van der Waals surface area contributed by atoms with Gasteiger partial charge in [-0.3, -0.25) is 5.01 Å². The van der Waals surface area contributed by atoms with Gasteiger partial charge in [-0.25, -0.2) is 0 Å².